The highest BCUT2D eigenvalue weighted by molar-refractivity contribution is 6.18. The smallest absolute Gasteiger partial charge is 0.342 e. The zero-order chi connectivity index (χ0) is 29.7. The fourth-order valence-electron chi connectivity index (χ4n) is 4.28. The molecular weight excluding hydrogens is 554 g/mol. The summed E-state index contributed by atoms with van der Waals surface area (Å²) in [6.07, 6.45) is 1.60. The lowest BCUT2D eigenvalue weighted by molar-refractivity contribution is 0.241. The summed E-state index contributed by atoms with van der Waals surface area (Å²) in [5, 5.41) is 18.2. The summed E-state index contributed by atoms with van der Waals surface area (Å²) in [5.41, 5.74) is 2.95. The average Bonchev–Trinajstić information content (AvgIpc) is 3.60. The van der Waals surface area contributed by atoms with E-state index < -0.39 is 0 Å². The molecule has 0 radical (unpaired) electrons. The number of amides is 3. The summed E-state index contributed by atoms with van der Waals surface area (Å²) in [6.45, 7) is 6.81. The van der Waals surface area contributed by atoms with E-state index in [1.54, 1.807) is 23.0 Å². The quantitative estimate of drug-likeness (QED) is 0.182. The number of hydrogen-bond donors (Lipinski definition) is 3. The van der Waals surface area contributed by atoms with Crippen LogP contribution in [-0.4, -0.2) is 44.0 Å². The molecule has 0 aliphatic heterocycles. The van der Waals surface area contributed by atoms with Gasteiger partial charge in [-0.25, -0.2) is 14.3 Å². The van der Waals surface area contributed by atoms with E-state index in [-0.39, 0.29) is 24.0 Å². The first-order chi connectivity index (χ1) is 20.2. The Morgan fingerprint density at radius 3 is 2.48 bits per heavy atom. The van der Waals surface area contributed by atoms with Crippen LogP contribution in [0.1, 0.15) is 32.0 Å². The average molecular weight is 586 g/mol. The number of fused-ring (bicyclic) bond motifs is 1. The summed E-state index contributed by atoms with van der Waals surface area (Å²) < 4.78 is 9.20. The standard InChI is InChI=1S/C31H32ClN7O3/c1-31(2,3)27-18-28(38(37-27)23-10-5-4-6-11-23)36-29(40)34-19-21-9-7-8-12-26(21)42-24-13-14-25-22(17-24)20-35-39(25)30(41)33-16-15-32/h4-14,17-18,20H,15-16,19H2,1-3H3,(H,33,41)(H2,34,36,40). The highest BCUT2D eigenvalue weighted by Gasteiger charge is 2.21. The van der Waals surface area contributed by atoms with Crippen LogP contribution in [0.5, 0.6) is 11.5 Å². The van der Waals surface area contributed by atoms with Gasteiger partial charge in [0.25, 0.3) is 0 Å². The highest BCUT2D eigenvalue weighted by atomic mass is 35.5. The lowest BCUT2D eigenvalue weighted by Crippen LogP contribution is -2.30. The largest absolute Gasteiger partial charge is 0.457 e. The van der Waals surface area contributed by atoms with Gasteiger partial charge in [0, 0.05) is 41.4 Å². The number of ether oxygens (including phenoxy) is 1. The zero-order valence-corrected chi connectivity index (χ0v) is 24.4. The number of benzene rings is 3. The molecule has 2 aromatic heterocycles. The molecule has 11 heteroatoms. The van der Waals surface area contributed by atoms with Gasteiger partial charge in [0.2, 0.25) is 0 Å². The highest BCUT2D eigenvalue weighted by Crippen LogP contribution is 2.29. The van der Waals surface area contributed by atoms with E-state index in [4.69, 9.17) is 21.4 Å². The van der Waals surface area contributed by atoms with Gasteiger partial charge in [0.15, 0.2) is 0 Å². The van der Waals surface area contributed by atoms with Crippen molar-refractivity contribution in [3.8, 4) is 17.2 Å². The summed E-state index contributed by atoms with van der Waals surface area (Å²) in [5.74, 6) is 2.05. The number of halogens is 1. The molecule has 0 unspecified atom stereocenters. The van der Waals surface area contributed by atoms with Crippen molar-refractivity contribution in [2.75, 3.05) is 17.7 Å². The predicted molar refractivity (Wildman–Crippen MR) is 164 cm³/mol. The predicted octanol–water partition coefficient (Wildman–Crippen LogP) is 6.43. The van der Waals surface area contributed by atoms with Crippen molar-refractivity contribution in [3.63, 3.8) is 0 Å². The van der Waals surface area contributed by atoms with E-state index in [2.05, 4.69) is 41.8 Å². The Kier molecular flexibility index (Phi) is 8.44. The number of carbonyl (C=O) groups excluding carboxylic acids is 2. The van der Waals surface area contributed by atoms with Gasteiger partial charge in [-0.15, -0.1) is 11.6 Å². The maximum atomic E-state index is 13.0. The number of nitrogens with one attached hydrogen (secondary N) is 3. The van der Waals surface area contributed by atoms with Crippen molar-refractivity contribution in [2.45, 2.75) is 32.7 Å². The van der Waals surface area contributed by atoms with Crippen LogP contribution in [0.4, 0.5) is 15.4 Å². The van der Waals surface area contributed by atoms with Gasteiger partial charge in [-0.2, -0.15) is 14.9 Å². The van der Waals surface area contributed by atoms with Gasteiger partial charge in [0.1, 0.15) is 17.3 Å². The fourth-order valence-corrected chi connectivity index (χ4v) is 4.38. The Morgan fingerprint density at radius 1 is 0.952 bits per heavy atom. The van der Waals surface area contributed by atoms with E-state index in [0.29, 0.717) is 35.3 Å². The molecule has 0 bridgehead atoms. The minimum absolute atomic E-state index is 0.193. The molecule has 42 heavy (non-hydrogen) atoms. The number of rotatable bonds is 8. The molecule has 0 spiro atoms. The number of alkyl halides is 1. The van der Waals surface area contributed by atoms with Crippen molar-refractivity contribution >= 4 is 40.4 Å². The molecule has 0 aliphatic carbocycles. The fraction of sp³-hybridized carbons (Fsp3) is 0.226. The maximum Gasteiger partial charge on any atom is 0.342 e. The van der Waals surface area contributed by atoms with Gasteiger partial charge < -0.3 is 15.4 Å². The Morgan fingerprint density at radius 2 is 1.71 bits per heavy atom. The van der Waals surface area contributed by atoms with Gasteiger partial charge in [0.05, 0.1) is 23.1 Å². The van der Waals surface area contributed by atoms with Gasteiger partial charge >= 0.3 is 12.1 Å². The topological polar surface area (TPSA) is 115 Å². The number of urea groups is 1. The van der Waals surface area contributed by atoms with Crippen molar-refractivity contribution < 1.29 is 14.3 Å². The zero-order valence-electron chi connectivity index (χ0n) is 23.6. The third-order valence-electron chi connectivity index (χ3n) is 6.46. The van der Waals surface area contributed by atoms with E-state index >= 15 is 0 Å². The molecule has 2 heterocycles. The molecule has 5 rings (SSSR count). The first-order valence-corrected chi connectivity index (χ1v) is 14.0. The minimum atomic E-state index is -0.372. The molecule has 0 atom stereocenters. The van der Waals surface area contributed by atoms with Crippen LogP contribution < -0.4 is 20.7 Å². The second-order valence-corrected chi connectivity index (χ2v) is 11.0. The first kappa shape index (κ1) is 28.7. The second kappa shape index (κ2) is 12.4. The van der Waals surface area contributed by atoms with E-state index in [9.17, 15) is 9.59 Å². The number of para-hydroxylation sites is 2. The lowest BCUT2D eigenvalue weighted by Gasteiger charge is -2.14. The number of aromatic nitrogens is 4. The van der Waals surface area contributed by atoms with Crippen LogP contribution in [0.15, 0.2) is 85.1 Å². The van der Waals surface area contributed by atoms with Crippen molar-refractivity contribution in [3.05, 3.63) is 96.3 Å². The molecule has 0 fully saturated rings. The minimum Gasteiger partial charge on any atom is -0.457 e. The maximum absolute atomic E-state index is 13.0. The second-order valence-electron chi connectivity index (χ2n) is 10.6. The van der Waals surface area contributed by atoms with Crippen molar-refractivity contribution in [2.24, 2.45) is 0 Å². The Labute approximate surface area is 248 Å². The molecule has 10 nitrogen and oxygen atoms in total. The molecular formula is C31H32ClN7O3. The van der Waals surface area contributed by atoms with E-state index in [1.165, 1.54) is 4.68 Å². The normalized spacial score (nSPS) is 11.3. The van der Waals surface area contributed by atoms with Crippen LogP contribution in [0.25, 0.3) is 16.6 Å². The van der Waals surface area contributed by atoms with Gasteiger partial charge in [-0.05, 0) is 36.4 Å². The van der Waals surface area contributed by atoms with E-state index in [0.717, 1.165) is 22.3 Å². The van der Waals surface area contributed by atoms with Crippen LogP contribution in [0.3, 0.4) is 0 Å². The number of anilines is 1. The number of carbonyl (C=O) groups is 2. The first-order valence-electron chi connectivity index (χ1n) is 13.5. The summed E-state index contributed by atoms with van der Waals surface area (Å²) in [6, 6.07) is 23.7. The molecule has 0 aliphatic rings. The number of nitrogens with zero attached hydrogens (tertiary/aromatic N) is 4. The van der Waals surface area contributed by atoms with Crippen LogP contribution in [-0.2, 0) is 12.0 Å². The molecule has 3 aromatic carbocycles. The molecule has 3 amide bonds. The Bertz CT molecular complexity index is 1710. The summed E-state index contributed by atoms with van der Waals surface area (Å²) in [7, 11) is 0. The van der Waals surface area contributed by atoms with Gasteiger partial charge in [-0.1, -0.05) is 57.2 Å². The van der Waals surface area contributed by atoms with E-state index in [1.807, 2.05) is 66.7 Å². The third-order valence-corrected chi connectivity index (χ3v) is 6.65. The molecule has 0 saturated heterocycles. The monoisotopic (exact) mass is 585 g/mol. The summed E-state index contributed by atoms with van der Waals surface area (Å²) >= 11 is 5.67. The van der Waals surface area contributed by atoms with Crippen LogP contribution in [0.2, 0.25) is 0 Å². The summed E-state index contributed by atoms with van der Waals surface area (Å²) in [4.78, 5) is 25.3. The van der Waals surface area contributed by atoms with Crippen LogP contribution in [0, 0.1) is 0 Å². The molecule has 216 valence electrons. The van der Waals surface area contributed by atoms with Crippen molar-refractivity contribution in [1.82, 2.24) is 30.2 Å². The van der Waals surface area contributed by atoms with Gasteiger partial charge in [-0.3, -0.25) is 5.32 Å². The lowest BCUT2D eigenvalue weighted by atomic mass is 9.92. The van der Waals surface area contributed by atoms with Crippen molar-refractivity contribution in [1.29, 1.82) is 0 Å². The third kappa shape index (κ3) is 6.55. The Hall–Kier alpha value is -4.83. The van der Waals surface area contributed by atoms with Crippen LogP contribution >= 0.6 is 11.6 Å². The molecule has 0 saturated carbocycles. The molecule has 3 N–H and O–H groups in total. The number of hydrogen-bond acceptors (Lipinski definition) is 5. The molecule has 5 aromatic rings. The SMILES string of the molecule is CC(C)(C)c1cc(NC(=O)NCc2ccccc2Oc2ccc3c(cnn3C(=O)NCCCl)c2)n(-c2ccccc2)n1. The Balaban J connectivity index is 1.28.